The number of carbonyl (C=O) groups excluding carboxylic acids is 1. The van der Waals surface area contributed by atoms with E-state index in [1.165, 1.54) is 19.3 Å². The van der Waals surface area contributed by atoms with E-state index >= 15 is 0 Å². The smallest absolute Gasteiger partial charge is 0.120 e. The van der Waals surface area contributed by atoms with Gasteiger partial charge in [0.2, 0.25) is 0 Å². The third-order valence-electron chi connectivity index (χ3n) is 3.66. The number of aldehydes is 1. The molecule has 15 heavy (non-hydrogen) atoms. The van der Waals surface area contributed by atoms with Crippen LogP contribution in [0.1, 0.15) is 59.8 Å². The maximum atomic E-state index is 10.4. The van der Waals surface area contributed by atoms with Gasteiger partial charge in [-0.15, -0.1) is 0 Å². The molecule has 0 N–H and O–H groups in total. The zero-order valence-corrected chi connectivity index (χ0v) is 10.6. The Hall–Kier alpha value is -0.590. The lowest BCUT2D eigenvalue weighted by Gasteiger charge is -2.36. The van der Waals surface area contributed by atoms with Crippen molar-refractivity contribution in [2.45, 2.75) is 59.8 Å². The van der Waals surface area contributed by atoms with Crippen molar-refractivity contribution in [3.05, 3.63) is 11.1 Å². The fourth-order valence-corrected chi connectivity index (χ4v) is 2.82. The van der Waals surface area contributed by atoms with Crippen molar-refractivity contribution in [1.29, 1.82) is 0 Å². The summed E-state index contributed by atoms with van der Waals surface area (Å²) in [6.45, 7) is 9.24. The summed E-state index contributed by atoms with van der Waals surface area (Å²) in [6, 6.07) is 0. The molecule has 0 aromatic carbocycles. The molecule has 0 saturated carbocycles. The van der Waals surface area contributed by atoms with E-state index in [9.17, 15) is 4.79 Å². The molecule has 1 atom stereocenters. The Bertz CT molecular complexity index is 255. The number of allylic oxidation sites excluding steroid dienone is 2. The zero-order chi connectivity index (χ0) is 11.5. The summed E-state index contributed by atoms with van der Waals surface area (Å²) in [5.41, 5.74) is 3.49. The second kappa shape index (κ2) is 4.96. The molecule has 0 aromatic heterocycles. The van der Waals surface area contributed by atoms with E-state index in [4.69, 9.17) is 0 Å². The quantitative estimate of drug-likeness (QED) is 0.503. The van der Waals surface area contributed by atoms with Crippen molar-refractivity contribution in [1.82, 2.24) is 0 Å². The van der Waals surface area contributed by atoms with E-state index in [2.05, 4.69) is 27.7 Å². The summed E-state index contributed by atoms with van der Waals surface area (Å²) in [5.74, 6) is 0.716. The van der Waals surface area contributed by atoms with Gasteiger partial charge in [0.15, 0.2) is 0 Å². The first-order valence-corrected chi connectivity index (χ1v) is 6.09. The first-order valence-electron chi connectivity index (χ1n) is 6.09. The second-order valence-electron chi connectivity index (χ2n) is 5.80. The van der Waals surface area contributed by atoms with Crippen molar-refractivity contribution < 1.29 is 4.79 Å². The largest absolute Gasteiger partial charge is 0.303 e. The number of rotatable bonds is 3. The van der Waals surface area contributed by atoms with E-state index < -0.39 is 0 Å². The molecule has 1 unspecified atom stereocenters. The highest BCUT2D eigenvalue weighted by Crippen LogP contribution is 2.42. The van der Waals surface area contributed by atoms with E-state index in [0.29, 0.717) is 17.8 Å². The normalized spacial score (nSPS) is 23.1. The van der Waals surface area contributed by atoms with Crippen LogP contribution < -0.4 is 0 Å². The van der Waals surface area contributed by atoms with Crippen LogP contribution in [-0.4, -0.2) is 6.29 Å². The highest BCUT2D eigenvalue weighted by atomic mass is 16.1. The van der Waals surface area contributed by atoms with Crippen LogP contribution in [0.15, 0.2) is 11.1 Å². The van der Waals surface area contributed by atoms with Gasteiger partial charge in [-0.05, 0) is 43.9 Å². The predicted molar refractivity (Wildman–Crippen MR) is 64.8 cm³/mol. The SMILES string of the molecule is CC1=C(CCC=O)CCCC1C(C)(C)C. The summed E-state index contributed by atoms with van der Waals surface area (Å²) in [5, 5.41) is 0. The number of hydrogen-bond acceptors (Lipinski definition) is 1. The Morgan fingerprint density at radius 3 is 2.60 bits per heavy atom. The first kappa shape index (κ1) is 12.5. The van der Waals surface area contributed by atoms with Crippen LogP contribution >= 0.6 is 0 Å². The molecule has 0 bridgehead atoms. The van der Waals surface area contributed by atoms with Crippen LogP contribution in [0.2, 0.25) is 0 Å². The fourth-order valence-electron chi connectivity index (χ4n) is 2.82. The van der Waals surface area contributed by atoms with Crippen LogP contribution in [0.25, 0.3) is 0 Å². The van der Waals surface area contributed by atoms with Crippen molar-refractivity contribution in [3.8, 4) is 0 Å². The summed E-state index contributed by atoms with van der Waals surface area (Å²) < 4.78 is 0. The molecule has 86 valence electrons. The van der Waals surface area contributed by atoms with Crippen molar-refractivity contribution in [3.63, 3.8) is 0 Å². The van der Waals surface area contributed by atoms with E-state index in [1.54, 1.807) is 11.1 Å². The molecule has 0 aromatic rings. The predicted octanol–water partition coefficient (Wildman–Crippen LogP) is 4.13. The molecule has 0 heterocycles. The summed E-state index contributed by atoms with van der Waals surface area (Å²) >= 11 is 0. The minimum Gasteiger partial charge on any atom is -0.303 e. The molecule has 1 heteroatoms. The molecule has 0 fully saturated rings. The molecule has 0 radical (unpaired) electrons. The Morgan fingerprint density at radius 1 is 1.40 bits per heavy atom. The molecule has 1 nitrogen and oxygen atoms in total. The number of carbonyl (C=O) groups is 1. The van der Waals surface area contributed by atoms with Gasteiger partial charge >= 0.3 is 0 Å². The highest BCUT2D eigenvalue weighted by Gasteiger charge is 2.29. The molecule has 1 rings (SSSR count). The maximum Gasteiger partial charge on any atom is 0.120 e. The average Bonchev–Trinajstić information content (AvgIpc) is 2.14. The topological polar surface area (TPSA) is 17.1 Å². The van der Waals surface area contributed by atoms with Crippen molar-refractivity contribution in [2.24, 2.45) is 11.3 Å². The van der Waals surface area contributed by atoms with Gasteiger partial charge in [-0.2, -0.15) is 0 Å². The van der Waals surface area contributed by atoms with Crippen LogP contribution in [0, 0.1) is 11.3 Å². The van der Waals surface area contributed by atoms with Gasteiger partial charge in [-0.25, -0.2) is 0 Å². The van der Waals surface area contributed by atoms with E-state index in [-0.39, 0.29) is 0 Å². The molecule has 0 amide bonds. The third-order valence-corrected chi connectivity index (χ3v) is 3.66. The van der Waals surface area contributed by atoms with Crippen molar-refractivity contribution >= 4 is 6.29 Å². The average molecular weight is 208 g/mol. The third kappa shape index (κ3) is 3.19. The maximum absolute atomic E-state index is 10.4. The van der Waals surface area contributed by atoms with Gasteiger partial charge < -0.3 is 4.79 Å². The fraction of sp³-hybridized carbons (Fsp3) is 0.786. The molecular weight excluding hydrogens is 184 g/mol. The van der Waals surface area contributed by atoms with Crippen molar-refractivity contribution in [2.75, 3.05) is 0 Å². The van der Waals surface area contributed by atoms with Gasteiger partial charge in [-0.1, -0.05) is 31.9 Å². The van der Waals surface area contributed by atoms with Crippen LogP contribution in [0.5, 0.6) is 0 Å². The number of hydrogen-bond donors (Lipinski definition) is 0. The lowest BCUT2D eigenvalue weighted by Crippen LogP contribution is -2.25. The summed E-state index contributed by atoms with van der Waals surface area (Å²) in [4.78, 5) is 10.4. The lowest BCUT2D eigenvalue weighted by atomic mass is 9.69. The Balaban J connectivity index is 2.80. The molecule has 0 aliphatic heterocycles. The second-order valence-corrected chi connectivity index (χ2v) is 5.80. The Kier molecular flexibility index (Phi) is 4.12. The lowest BCUT2D eigenvalue weighted by molar-refractivity contribution is -0.107. The van der Waals surface area contributed by atoms with Gasteiger partial charge in [-0.3, -0.25) is 0 Å². The highest BCUT2D eigenvalue weighted by molar-refractivity contribution is 5.50. The Morgan fingerprint density at radius 2 is 2.07 bits per heavy atom. The summed E-state index contributed by atoms with van der Waals surface area (Å²) in [6.07, 6.45) is 6.56. The zero-order valence-electron chi connectivity index (χ0n) is 10.6. The van der Waals surface area contributed by atoms with Crippen LogP contribution in [0.3, 0.4) is 0 Å². The Labute approximate surface area is 93.9 Å². The standard InChI is InChI=1S/C14H24O/c1-11-12(8-6-10-15)7-5-9-13(11)14(2,3)4/h10,13H,5-9H2,1-4H3. The molecular formula is C14H24O. The minimum absolute atomic E-state index is 0.372. The van der Waals surface area contributed by atoms with E-state index in [0.717, 1.165) is 12.7 Å². The molecule has 0 saturated heterocycles. The van der Waals surface area contributed by atoms with Gasteiger partial charge in [0.25, 0.3) is 0 Å². The van der Waals surface area contributed by atoms with E-state index in [1.807, 2.05) is 0 Å². The molecule has 1 aliphatic carbocycles. The van der Waals surface area contributed by atoms with Gasteiger partial charge in [0.1, 0.15) is 6.29 Å². The molecule has 0 spiro atoms. The van der Waals surface area contributed by atoms with Gasteiger partial charge in [0, 0.05) is 6.42 Å². The summed E-state index contributed by atoms with van der Waals surface area (Å²) in [7, 11) is 0. The van der Waals surface area contributed by atoms with Gasteiger partial charge in [0.05, 0.1) is 0 Å². The van der Waals surface area contributed by atoms with Crippen LogP contribution in [0.4, 0.5) is 0 Å². The minimum atomic E-state index is 0.372. The monoisotopic (exact) mass is 208 g/mol. The first-order chi connectivity index (χ1) is 6.96. The van der Waals surface area contributed by atoms with Crippen LogP contribution in [-0.2, 0) is 4.79 Å². The molecule has 1 aliphatic rings.